The average molecular weight is 496 g/mol. The van der Waals surface area contributed by atoms with E-state index in [-0.39, 0.29) is 28.9 Å². The molecule has 10 heteroatoms. The number of alkyl halides is 3. The van der Waals surface area contributed by atoms with E-state index in [0.29, 0.717) is 38.3 Å². The summed E-state index contributed by atoms with van der Waals surface area (Å²) in [6.45, 7) is 8.14. The summed E-state index contributed by atoms with van der Waals surface area (Å²) in [7, 11) is 1.89. The molecule has 0 saturated carbocycles. The summed E-state index contributed by atoms with van der Waals surface area (Å²) in [6, 6.07) is 4.73. The van der Waals surface area contributed by atoms with E-state index in [1.54, 1.807) is 0 Å². The molecule has 192 valence electrons. The van der Waals surface area contributed by atoms with Crippen LogP contribution >= 0.6 is 0 Å². The molecule has 1 aromatic heterocycles. The second-order valence-corrected chi connectivity index (χ2v) is 10.1. The first-order valence-corrected chi connectivity index (χ1v) is 11.9. The number of hydrogen-bond donors (Lipinski definition) is 0. The van der Waals surface area contributed by atoms with Gasteiger partial charge in [0.15, 0.2) is 5.49 Å². The Hall–Kier alpha value is -2.59. The van der Waals surface area contributed by atoms with Crippen molar-refractivity contribution in [2.45, 2.75) is 70.4 Å². The largest absolute Gasteiger partial charge is 0.487 e. The Morgan fingerprint density at radius 2 is 1.94 bits per heavy atom. The van der Waals surface area contributed by atoms with Gasteiger partial charge in [0.25, 0.3) is 5.91 Å². The molecule has 2 fully saturated rings. The summed E-state index contributed by atoms with van der Waals surface area (Å²) in [4.78, 5) is 17.6. The van der Waals surface area contributed by atoms with Crippen molar-refractivity contribution in [3.63, 3.8) is 0 Å². The molecule has 0 bridgehead atoms. The number of amides is 1. The Labute approximate surface area is 202 Å². The smallest absolute Gasteiger partial charge is 0.416 e. The van der Waals surface area contributed by atoms with E-state index < -0.39 is 17.6 Å². The number of benzene rings is 1. The average Bonchev–Trinajstić information content (AvgIpc) is 3.52. The minimum absolute atomic E-state index is 0.0136. The van der Waals surface area contributed by atoms with Gasteiger partial charge in [-0.05, 0) is 31.0 Å². The zero-order valence-electron chi connectivity index (χ0n) is 20.5. The highest BCUT2D eigenvalue weighted by Gasteiger charge is 2.33. The second-order valence-electron chi connectivity index (χ2n) is 10.1. The lowest BCUT2D eigenvalue weighted by Gasteiger charge is -2.21. The van der Waals surface area contributed by atoms with Crippen molar-refractivity contribution in [1.29, 1.82) is 0 Å². The molecule has 0 unspecified atom stereocenters. The summed E-state index contributed by atoms with van der Waals surface area (Å²) < 4.78 is 61.1. The number of carbonyl (C=O) groups is 1. The van der Waals surface area contributed by atoms with Gasteiger partial charge in [-0.25, -0.2) is 0 Å². The van der Waals surface area contributed by atoms with Gasteiger partial charge in [-0.2, -0.15) is 18.2 Å². The van der Waals surface area contributed by atoms with Crippen LogP contribution in [-0.4, -0.2) is 47.3 Å². The standard InChI is InChI=1S/C25H32F3N3O4/c1-24(2,3)21-13-22(31(30(21)4)14-17-6-5-10-34-17)29-23(32)19-12-16(25(26,27)28)7-8-20(19)35-18-9-11-33-15-18/h7-8,12-13,17-18H,5-6,9-11,14-15H2,1-4H3/b29-22+/t17-,18-/m1/s1. The fourth-order valence-electron chi connectivity index (χ4n) is 4.49. The van der Waals surface area contributed by atoms with Crippen LogP contribution in [0.25, 0.3) is 0 Å². The number of nitrogens with zero attached hydrogens (tertiary/aromatic N) is 3. The Balaban J connectivity index is 1.78. The van der Waals surface area contributed by atoms with Crippen molar-refractivity contribution in [2.75, 3.05) is 19.8 Å². The van der Waals surface area contributed by atoms with Gasteiger partial charge in [-0.3, -0.25) is 14.2 Å². The van der Waals surface area contributed by atoms with E-state index in [2.05, 4.69) is 4.99 Å². The molecular weight excluding hydrogens is 463 g/mol. The van der Waals surface area contributed by atoms with E-state index in [9.17, 15) is 18.0 Å². The first kappa shape index (κ1) is 25.5. The normalized spacial score (nSPS) is 21.6. The predicted molar refractivity (Wildman–Crippen MR) is 122 cm³/mol. The summed E-state index contributed by atoms with van der Waals surface area (Å²) in [5, 5.41) is 0. The molecule has 0 N–H and O–H groups in total. The fourth-order valence-corrected chi connectivity index (χ4v) is 4.49. The van der Waals surface area contributed by atoms with Crippen LogP contribution in [0, 0.1) is 0 Å². The maximum absolute atomic E-state index is 13.4. The molecule has 7 nitrogen and oxygen atoms in total. The van der Waals surface area contributed by atoms with Gasteiger partial charge >= 0.3 is 6.18 Å². The summed E-state index contributed by atoms with van der Waals surface area (Å²) >= 11 is 0. The lowest BCUT2D eigenvalue weighted by Crippen LogP contribution is -2.30. The van der Waals surface area contributed by atoms with Gasteiger partial charge in [-0.1, -0.05) is 20.8 Å². The zero-order valence-corrected chi connectivity index (χ0v) is 20.5. The van der Waals surface area contributed by atoms with E-state index in [0.717, 1.165) is 30.7 Å². The van der Waals surface area contributed by atoms with Crippen LogP contribution in [-0.2, 0) is 34.7 Å². The van der Waals surface area contributed by atoms with Crippen LogP contribution < -0.4 is 10.2 Å². The van der Waals surface area contributed by atoms with Crippen LogP contribution in [0.15, 0.2) is 29.3 Å². The van der Waals surface area contributed by atoms with Crippen molar-refractivity contribution in [2.24, 2.45) is 12.0 Å². The molecule has 1 amide bonds. The van der Waals surface area contributed by atoms with Gasteiger partial charge in [0, 0.05) is 37.3 Å². The molecule has 2 atom stereocenters. The Morgan fingerprint density at radius 1 is 1.17 bits per heavy atom. The van der Waals surface area contributed by atoms with E-state index in [4.69, 9.17) is 14.2 Å². The molecule has 0 aliphatic carbocycles. The third-order valence-electron chi connectivity index (χ3n) is 6.34. The van der Waals surface area contributed by atoms with E-state index in [1.165, 1.54) is 6.07 Å². The molecule has 2 aromatic rings. The number of ether oxygens (including phenoxy) is 3. The topological polar surface area (TPSA) is 67.0 Å². The minimum atomic E-state index is -4.60. The van der Waals surface area contributed by atoms with E-state index in [1.807, 2.05) is 43.2 Å². The molecule has 4 rings (SSSR count). The summed E-state index contributed by atoms with van der Waals surface area (Å²) in [5.41, 5.74) is -0.0916. The molecule has 2 aliphatic heterocycles. The van der Waals surface area contributed by atoms with Gasteiger partial charge < -0.3 is 14.2 Å². The highest BCUT2D eigenvalue weighted by Crippen LogP contribution is 2.33. The van der Waals surface area contributed by atoms with Crippen LogP contribution in [0.3, 0.4) is 0 Å². The number of aromatic nitrogens is 2. The molecule has 1 aromatic carbocycles. The van der Waals surface area contributed by atoms with Gasteiger partial charge in [-0.15, -0.1) is 0 Å². The second kappa shape index (κ2) is 9.81. The van der Waals surface area contributed by atoms with Gasteiger partial charge in [0.1, 0.15) is 11.9 Å². The Morgan fingerprint density at radius 3 is 2.54 bits per heavy atom. The predicted octanol–water partition coefficient (Wildman–Crippen LogP) is 4.23. The van der Waals surface area contributed by atoms with Crippen LogP contribution in [0.2, 0.25) is 0 Å². The molecule has 0 radical (unpaired) electrons. The number of carbonyl (C=O) groups excluding carboxylic acids is 1. The molecule has 2 aliphatic rings. The molecule has 35 heavy (non-hydrogen) atoms. The van der Waals surface area contributed by atoms with Crippen molar-refractivity contribution in [1.82, 2.24) is 9.36 Å². The first-order chi connectivity index (χ1) is 16.4. The maximum Gasteiger partial charge on any atom is 0.416 e. The van der Waals surface area contributed by atoms with Crippen molar-refractivity contribution >= 4 is 5.91 Å². The zero-order chi connectivity index (χ0) is 25.4. The minimum Gasteiger partial charge on any atom is -0.487 e. The molecular formula is C25H32F3N3O4. The molecule has 2 saturated heterocycles. The monoisotopic (exact) mass is 495 g/mol. The van der Waals surface area contributed by atoms with E-state index >= 15 is 0 Å². The van der Waals surface area contributed by atoms with Crippen LogP contribution in [0.4, 0.5) is 13.2 Å². The fraction of sp³-hybridized carbons (Fsp3) is 0.600. The lowest BCUT2D eigenvalue weighted by atomic mass is 9.92. The van der Waals surface area contributed by atoms with Crippen molar-refractivity contribution < 1.29 is 32.2 Å². The highest BCUT2D eigenvalue weighted by molar-refractivity contribution is 5.97. The number of halogens is 3. The Kier molecular flexibility index (Phi) is 7.15. The molecule has 3 heterocycles. The van der Waals surface area contributed by atoms with Crippen molar-refractivity contribution in [3.8, 4) is 5.75 Å². The lowest BCUT2D eigenvalue weighted by molar-refractivity contribution is -0.137. The number of hydrogen-bond acceptors (Lipinski definition) is 4. The highest BCUT2D eigenvalue weighted by atomic mass is 19.4. The third-order valence-corrected chi connectivity index (χ3v) is 6.34. The SMILES string of the molecule is Cn1c(C(C)(C)C)c/c(=N\C(=O)c2cc(C(F)(F)F)ccc2O[C@@H]2CCOC2)n1C[C@H]1CCCO1. The first-order valence-electron chi connectivity index (χ1n) is 11.9. The Bertz CT molecular complexity index is 1130. The van der Waals surface area contributed by atoms with Gasteiger partial charge in [0.2, 0.25) is 0 Å². The van der Waals surface area contributed by atoms with Gasteiger partial charge in [0.05, 0.1) is 37.0 Å². The number of rotatable bonds is 5. The quantitative estimate of drug-likeness (QED) is 0.623. The molecule has 0 spiro atoms. The van der Waals surface area contributed by atoms with Crippen molar-refractivity contribution in [3.05, 3.63) is 46.6 Å². The van der Waals surface area contributed by atoms with Crippen LogP contribution in [0.5, 0.6) is 5.75 Å². The van der Waals surface area contributed by atoms with Crippen LogP contribution in [0.1, 0.15) is 61.6 Å². The third kappa shape index (κ3) is 5.81. The maximum atomic E-state index is 13.4. The summed E-state index contributed by atoms with van der Waals surface area (Å²) in [5.74, 6) is -0.725. The summed E-state index contributed by atoms with van der Waals surface area (Å²) in [6.07, 6.45) is -2.49.